The molecule has 3 aromatic rings. The fourth-order valence-corrected chi connectivity index (χ4v) is 3.99. The molecule has 0 atom stereocenters. The Labute approximate surface area is 144 Å². The monoisotopic (exact) mass is 422 g/mol. The van der Waals surface area contributed by atoms with Crippen LogP contribution in [0.15, 0.2) is 62.9 Å². The fourth-order valence-electron chi connectivity index (χ4n) is 1.96. The van der Waals surface area contributed by atoms with Crippen LogP contribution < -0.4 is 5.32 Å². The maximum Gasteiger partial charge on any atom is 0.112 e. The highest BCUT2D eigenvalue weighted by Gasteiger charge is 2.07. The van der Waals surface area contributed by atoms with Gasteiger partial charge in [-0.25, -0.2) is 4.98 Å². The Balaban J connectivity index is 1.74. The molecule has 3 rings (SSSR count). The van der Waals surface area contributed by atoms with E-state index in [1.807, 2.05) is 36.4 Å². The van der Waals surface area contributed by atoms with Crippen LogP contribution in [0, 0.1) is 0 Å². The highest BCUT2D eigenvalue weighted by atomic mass is 79.9. The average Bonchev–Trinajstić information content (AvgIpc) is 2.97. The van der Waals surface area contributed by atoms with E-state index in [9.17, 15) is 0 Å². The second-order valence-electron chi connectivity index (χ2n) is 4.44. The summed E-state index contributed by atoms with van der Waals surface area (Å²) in [6.45, 7) is 0.707. The number of thiazole rings is 1. The van der Waals surface area contributed by atoms with E-state index in [1.165, 1.54) is 0 Å². The number of benzene rings is 2. The molecule has 0 fully saturated rings. The van der Waals surface area contributed by atoms with Crippen LogP contribution >= 0.6 is 43.2 Å². The van der Waals surface area contributed by atoms with Gasteiger partial charge in [-0.2, -0.15) is 0 Å². The third kappa shape index (κ3) is 3.54. The molecule has 21 heavy (non-hydrogen) atoms. The van der Waals surface area contributed by atoms with Crippen molar-refractivity contribution in [3.8, 4) is 11.3 Å². The molecule has 2 aromatic carbocycles. The van der Waals surface area contributed by atoms with E-state index < -0.39 is 0 Å². The zero-order chi connectivity index (χ0) is 14.7. The van der Waals surface area contributed by atoms with Gasteiger partial charge >= 0.3 is 0 Å². The molecule has 0 amide bonds. The molecule has 0 saturated heterocycles. The molecular weight excluding hydrogens is 412 g/mol. The molecule has 1 aromatic heterocycles. The molecule has 2 nitrogen and oxygen atoms in total. The van der Waals surface area contributed by atoms with Gasteiger partial charge in [0.15, 0.2) is 0 Å². The minimum absolute atomic E-state index is 0.707. The van der Waals surface area contributed by atoms with Gasteiger partial charge in [0, 0.05) is 19.9 Å². The zero-order valence-electron chi connectivity index (χ0n) is 11.0. The van der Waals surface area contributed by atoms with Gasteiger partial charge in [0.25, 0.3) is 0 Å². The molecule has 0 saturated carbocycles. The Hall–Kier alpha value is -1.17. The SMILES string of the molecule is Brc1cccc(Br)c1NCc1nc(-c2ccccc2)cs1. The summed E-state index contributed by atoms with van der Waals surface area (Å²) in [5.74, 6) is 0. The first-order valence-electron chi connectivity index (χ1n) is 6.42. The summed E-state index contributed by atoms with van der Waals surface area (Å²) in [6, 6.07) is 16.3. The largest absolute Gasteiger partial charge is 0.377 e. The van der Waals surface area contributed by atoms with Crippen molar-refractivity contribution in [3.05, 3.63) is 67.9 Å². The van der Waals surface area contributed by atoms with Crippen LogP contribution in [0.25, 0.3) is 11.3 Å². The first-order chi connectivity index (χ1) is 10.2. The predicted molar refractivity (Wildman–Crippen MR) is 96.7 cm³/mol. The van der Waals surface area contributed by atoms with Gasteiger partial charge in [-0.15, -0.1) is 11.3 Å². The maximum atomic E-state index is 4.68. The summed E-state index contributed by atoms with van der Waals surface area (Å²) in [5, 5.41) is 6.58. The van der Waals surface area contributed by atoms with Crippen LogP contribution in [0.2, 0.25) is 0 Å². The van der Waals surface area contributed by atoms with E-state index >= 15 is 0 Å². The number of para-hydroxylation sites is 1. The van der Waals surface area contributed by atoms with Crippen molar-refractivity contribution < 1.29 is 0 Å². The van der Waals surface area contributed by atoms with E-state index in [0.29, 0.717) is 6.54 Å². The van der Waals surface area contributed by atoms with Gasteiger partial charge in [0.1, 0.15) is 5.01 Å². The lowest BCUT2D eigenvalue weighted by molar-refractivity contribution is 1.10. The highest BCUT2D eigenvalue weighted by molar-refractivity contribution is 9.11. The lowest BCUT2D eigenvalue weighted by Gasteiger charge is -2.08. The highest BCUT2D eigenvalue weighted by Crippen LogP contribution is 2.31. The molecule has 1 heterocycles. The third-order valence-corrected chi connectivity index (χ3v) is 5.17. The second-order valence-corrected chi connectivity index (χ2v) is 7.09. The number of rotatable bonds is 4. The van der Waals surface area contributed by atoms with Crippen LogP contribution in [-0.4, -0.2) is 4.98 Å². The summed E-state index contributed by atoms with van der Waals surface area (Å²) in [6.07, 6.45) is 0. The van der Waals surface area contributed by atoms with Gasteiger partial charge < -0.3 is 5.32 Å². The van der Waals surface area contributed by atoms with Gasteiger partial charge in [0.2, 0.25) is 0 Å². The molecule has 0 radical (unpaired) electrons. The zero-order valence-corrected chi connectivity index (χ0v) is 15.0. The molecule has 0 spiro atoms. The molecule has 0 aliphatic heterocycles. The number of hydrogen-bond donors (Lipinski definition) is 1. The summed E-state index contributed by atoms with van der Waals surface area (Å²) >= 11 is 8.78. The van der Waals surface area contributed by atoms with E-state index in [1.54, 1.807) is 11.3 Å². The standard InChI is InChI=1S/C16H12Br2N2S/c17-12-7-4-8-13(18)16(12)19-9-15-20-14(10-21-15)11-5-2-1-3-6-11/h1-8,10,19H,9H2. The molecule has 1 N–H and O–H groups in total. The summed E-state index contributed by atoms with van der Waals surface area (Å²) in [4.78, 5) is 4.68. The van der Waals surface area contributed by atoms with Crippen LogP contribution in [0.4, 0.5) is 5.69 Å². The van der Waals surface area contributed by atoms with Crippen LogP contribution in [0.3, 0.4) is 0 Å². The van der Waals surface area contributed by atoms with Crippen LogP contribution in [0.1, 0.15) is 5.01 Å². The number of nitrogens with one attached hydrogen (secondary N) is 1. The van der Waals surface area contributed by atoms with Crippen molar-refractivity contribution in [3.63, 3.8) is 0 Å². The van der Waals surface area contributed by atoms with Crippen molar-refractivity contribution in [1.82, 2.24) is 4.98 Å². The van der Waals surface area contributed by atoms with Crippen molar-refractivity contribution in [2.24, 2.45) is 0 Å². The number of halogens is 2. The van der Waals surface area contributed by atoms with Gasteiger partial charge in [0.05, 0.1) is 17.9 Å². The number of hydrogen-bond acceptors (Lipinski definition) is 3. The Morgan fingerprint density at radius 1 is 0.952 bits per heavy atom. The summed E-state index contributed by atoms with van der Waals surface area (Å²) < 4.78 is 2.08. The van der Waals surface area contributed by atoms with E-state index in [4.69, 9.17) is 0 Å². The Morgan fingerprint density at radius 2 is 1.67 bits per heavy atom. The Kier molecular flexibility index (Phi) is 4.73. The molecule has 0 bridgehead atoms. The quantitative estimate of drug-likeness (QED) is 0.560. The Morgan fingerprint density at radius 3 is 2.38 bits per heavy atom. The minimum Gasteiger partial charge on any atom is -0.377 e. The average molecular weight is 424 g/mol. The van der Waals surface area contributed by atoms with Gasteiger partial charge in [-0.05, 0) is 44.0 Å². The Bertz CT molecular complexity index is 721. The predicted octanol–water partition coefficient (Wildman–Crippen LogP) is 5.95. The fraction of sp³-hybridized carbons (Fsp3) is 0.0625. The van der Waals surface area contributed by atoms with Crippen molar-refractivity contribution in [2.45, 2.75) is 6.54 Å². The van der Waals surface area contributed by atoms with Crippen molar-refractivity contribution >= 4 is 48.9 Å². The number of nitrogens with zero attached hydrogens (tertiary/aromatic N) is 1. The number of anilines is 1. The first-order valence-corrected chi connectivity index (χ1v) is 8.88. The lowest BCUT2D eigenvalue weighted by atomic mass is 10.2. The summed E-state index contributed by atoms with van der Waals surface area (Å²) in [5.41, 5.74) is 3.24. The maximum absolute atomic E-state index is 4.68. The smallest absolute Gasteiger partial charge is 0.112 e. The van der Waals surface area contributed by atoms with E-state index in [0.717, 1.165) is 30.9 Å². The molecule has 0 unspecified atom stereocenters. The molecule has 5 heteroatoms. The van der Waals surface area contributed by atoms with Gasteiger partial charge in [-0.3, -0.25) is 0 Å². The third-order valence-electron chi connectivity index (χ3n) is 3.00. The molecule has 0 aliphatic carbocycles. The van der Waals surface area contributed by atoms with Crippen LogP contribution in [0.5, 0.6) is 0 Å². The normalized spacial score (nSPS) is 10.6. The topological polar surface area (TPSA) is 24.9 Å². The van der Waals surface area contributed by atoms with Crippen LogP contribution in [-0.2, 0) is 6.54 Å². The number of aromatic nitrogens is 1. The minimum atomic E-state index is 0.707. The van der Waals surface area contributed by atoms with E-state index in [2.05, 4.69) is 59.7 Å². The van der Waals surface area contributed by atoms with Crippen molar-refractivity contribution in [2.75, 3.05) is 5.32 Å². The molecule has 0 aliphatic rings. The second kappa shape index (κ2) is 6.73. The summed E-state index contributed by atoms with van der Waals surface area (Å²) in [7, 11) is 0. The van der Waals surface area contributed by atoms with E-state index in [-0.39, 0.29) is 0 Å². The first kappa shape index (κ1) is 14.8. The van der Waals surface area contributed by atoms with Gasteiger partial charge in [-0.1, -0.05) is 36.4 Å². The molecule has 106 valence electrons. The molecular formula is C16H12Br2N2S. The lowest BCUT2D eigenvalue weighted by Crippen LogP contribution is -2.00. The van der Waals surface area contributed by atoms with Crippen molar-refractivity contribution in [1.29, 1.82) is 0 Å².